The summed E-state index contributed by atoms with van der Waals surface area (Å²) >= 11 is 1.56. The van der Waals surface area contributed by atoms with Crippen molar-refractivity contribution in [3.8, 4) is 6.07 Å². The van der Waals surface area contributed by atoms with Crippen LogP contribution < -0.4 is 5.32 Å². The molecule has 1 aromatic heterocycles. The molecule has 1 saturated heterocycles. The number of thiophene rings is 1. The van der Waals surface area contributed by atoms with Gasteiger partial charge in [0.05, 0.1) is 6.61 Å². The monoisotopic (exact) mass is 236 g/mol. The molecule has 2 rings (SSSR count). The van der Waals surface area contributed by atoms with E-state index in [0.29, 0.717) is 5.92 Å². The molecule has 86 valence electrons. The van der Waals surface area contributed by atoms with Gasteiger partial charge in [-0.15, -0.1) is 11.3 Å². The first-order chi connectivity index (χ1) is 7.88. The van der Waals surface area contributed by atoms with Gasteiger partial charge in [0.2, 0.25) is 0 Å². The van der Waals surface area contributed by atoms with Gasteiger partial charge < -0.3 is 10.1 Å². The van der Waals surface area contributed by atoms with Gasteiger partial charge in [0.15, 0.2) is 0 Å². The van der Waals surface area contributed by atoms with Crippen molar-refractivity contribution in [1.82, 2.24) is 5.32 Å². The van der Waals surface area contributed by atoms with Gasteiger partial charge in [-0.3, -0.25) is 0 Å². The van der Waals surface area contributed by atoms with Crippen molar-refractivity contribution in [2.24, 2.45) is 5.92 Å². The zero-order valence-electron chi connectivity index (χ0n) is 9.24. The van der Waals surface area contributed by atoms with Crippen LogP contribution in [0.4, 0.5) is 0 Å². The summed E-state index contributed by atoms with van der Waals surface area (Å²) in [5.74, 6) is 0.657. The molecule has 0 radical (unpaired) electrons. The summed E-state index contributed by atoms with van der Waals surface area (Å²) in [6.45, 7) is 3.69. The van der Waals surface area contributed by atoms with Crippen molar-refractivity contribution in [2.75, 3.05) is 19.8 Å². The van der Waals surface area contributed by atoms with Gasteiger partial charge in [-0.25, -0.2) is 0 Å². The van der Waals surface area contributed by atoms with Crippen LogP contribution in [0.1, 0.15) is 22.6 Å². The quantitative estimate of drug-likeness (QED) is 0.871. The highest BCUT2D eigenvalue weighted by Crippen LogP contribution is 2.16. The smallest absolute Gasteiger partial charge is 0.110 e. The topological polar surface area (TPSA) is 45.0 Å². The molecule has 1 aliphatic heterocycles. The average Bonchev–Trinajstić information content (AvgIpc) is 2.78. The van der Waals surface area contributed by atoms with Crippen LogP contribution in [0.2, 0.25) is 0 Å². The maximum absolute atomic E-state index is 8.70. The molecule has 0 aliphatic carbocycles. The van der Waals surface area contributed by atoms with Gasteiger partial charge in [-0.2, -0.15) is 5.26 Å². The molecule has 1 atom stereocenters. The normalized spacial score (nSPS) is 20.6. The maximum atomic E-state index is 8.70. The van der Waals surface area contributed by atoms with E-state index in [0.717, 1.165) is 31.2 Å². The Balaban J connectivity index is 1.69. The predicted octanol–water partition coefficient (Wildman–Crippen LogP) is 2.14. The van der Waals surface area contributed by atoms with Crippen LogP contribution in [0.5, 0.6) is 0 Å². The van der Waals surface area contributed by atoms with Crippen LogP contribution in [0, 0.1) is 17.2 Å². The third-order valence-electron chi connectivity index (χ3n) is 2.76. The molecule has 16 heavy (non-hydrogen) atoms. The first kappa shape index (κ1) is 11.6. The van der Waals surface area contributed by atoms with E-state index in [2.05, 4.69) is 11.4 Å². The second-order valence-corrected chi connectivity index (χ2v) is 5.26. The number of nitrogens with zero attached hydrogens (tertiary/aromatic N) is 1. The van der Waals surface area contributed by atoms with E-state index >= 15 is 0 Å². The van der Waals surface area contributed by atoms with Crippen molar-refractivity contribution in [1.29, 1.82) is 5.26 Å². The fourth-order valence-electron chi connectivity index (χ4n) is 1.90. The van der Waals surface area contributed by atoms with Crippen LogP contribution in [-0.2, 0) is 11.3 Å². The Morgan fingerprint density at radius 2 is 2.50 bits per heavy atom. The fraction of sp³-hybridized carbons (Fsp3) is 0.583. The van der Waals surface area contributed by atoms with Crippen LogP contribution in [0.25, 0.3) is 0 Å². The standard InChI is InChI=1S/C12H16N2OS/c13-6-11-3-4-12(16-11)8-14-7-10-2-1-5-15-9-10/h3-4,10,14H,1-2,5,7-9H2. The van der Waals surface area contributed by atoms with Crippen LogP contribution in [0.15, 0.2) is 12.1 Å². The van der Waals surface area contributed by atoms with E-state index in [9.17, 15) is 0 Å². The lowest BCUT2D eigenvalue weighted by Gasteiger charge is -2.22. The highest BCUT2D eigenvalue weighted by atomic mass is 32.1. The summed E-state index contributed by atoms with van der Waals surface area (Å²) in [5.41, 5.74) is 0. The van der Waals surface area contributed by atoms with Crippen molar-refractivity contribution < 1.29 is 4.74 Å². The van der Waals surface area contributed by atoms with E-state index < -0.39 is 0 Å². The van der Waals surface area contributed by atoms with Gasteiger partial charge >= 0.3 is 0 Å². The van der Waals surface area contributed by atoms with Crippen LogP contribution >= 0.6 is 11.3 Å². The molecule has 0 amide bonds. The number of nitriles is 1. The first-order valence-corrected chi connectivity index (χ1v) is 6.47. The highest BCUT2D eigenvalue weighted by molar-refractivity contribution is 7.12. The summed E-state index contributed by atoms with van der Waals surface area (Å²) in [5, 5.41) is 12.1. The Kier molecular flexibility index (Phi) is 4.34. The molecular weight excluding hydrogens is 220 g/mol. The molecule has 0 spiro atoms. The molecule has 3 nitrogen and oxygen atoms in total. The fourth-order valence-corrected chi connectivity index (χ4v) is 2.68. The lowest BCUT2D eigenvalue weighted by atomic mass is 10.0. The Morgan fingerprint density at radius 1 is 1.56 bits per heavy atom. The van der Waals surface area contributed by atoms with Crippen molar-refractivity contribution in [3.63, 3.8) is 0 Å². The van der Waals surface area contributed by atoms with Crippen LogP contribution in [-0.4, -0.2) is 19.8 Å². The second kappa shape index (κ2) is 6.00. The first-order valence-electron chi connectivity index (χ1n) is 5.66. The molecule has 1 aromatic rings. The molecule has 1 N–H and O–H groups in total. The molecular formula is C12H16N2OS. The summed E-state index contributed by atoms with van der Waals surface area (Å²) in [7, 11) is 0. The van der Waals surface area contributed by atoms with Gasteiger partial charge in [0.25, 0.3) is 0 Å². The minimum Gasteiger partial charge on any atom is -0.381 e. The minimum atomic E-state index is 0.657. The Bertz CT molecular complexity index is 363. The average molecular weight is 236 g/mol. The molecule has 4 heteroatoms. The zero-order valence-corrected chi connectivity index (χ0v) is 10.1. The summed E-state index contributed by atoms with van der Waals surface area (Å²) < 4.78 is 5.43. The maximum Gasteiger partial charge on any atom is 0.110 e. The van der Waals surface area contributed by atoms with Gasteiger partial charge in [-0.05, 0) is 30.9 Å². The van der Waals surface area contributed by atoms with E-state index in [4.69, 9.17) is 10.00 Å². The lowest BCUT2D eigenvalue weighted by Crippen LogP contribution is -2.28. The van der Waals surface area contributed by atoms with E-state index in [1.165, 1.54) is 17.7 Å². The van der Waals surface area contributed by atoms with E-state index in [1.807, 2.05) is 12.1 Å². The number of hydrogen-bond acceptors (Lipinski definition) is 4. The Morgan fingerprint density at radius 3 is 3.19 bits per heavy atom. The third-order valence-corrected chi connectivity index (χ3v) is 3.75. The second-order valence-electron chi connectivity index (χ2n) is 4.09. The molecule has 1 fully saturated rings. The summed E-state index contributed by atoms with van der Waals surface area (Å²) in [6.07, 6.45) is 2.45. The Hall–Kier alpha value is -0.890. The molecule has 0 saturated carbocycles. The van der Waals surface area contributed by atoms with E-state index in [1.54, 1.807) is 11.3 Å². The van der Waals surface area contributed by atoms with Crippen molar-refractivity contribution >= 4 is 11.3 Å². The molecule has 2 heterocycles. The number of ether oxygens (including phenoxy) is 1. The zero-order chi connectivity index (χ0) is 11.2. The highest BCUT2D eigenvalue weighted by Gasteiger charge is 2.13. The SMILES string of the molecule is N#Cc1ccc(CNCC2CCCOC2)s1. The molecule has 0 aromatic carbocycles. The predicted molar refractivity (Wildman–Crippen MR) is 64.3 cm³/mol. The van der Waals surface area contributed by atoms with Gasteiger partial charge in [-0.1, -0.05) is 0 Å². The number of rotatable bonds is 4. The van der Waals surface area contributed by atoms with Gasteiger partial charge in [0.1, 0.15) is 10.9 Å². The number of hydrogen-bond donors (Lipinski definition) is 1. The van der Waals surface area contributed by atoms with Crippen LogP contribution in [0.3, 0.4) is 0 Å². The minimum absolute atomic E-state index is 0.657. The third kappa shape index (κ3) is 3.31. The Labute approximate surface area is 100 Å². The van der Waals surface area contributed by atoms with Crippen molar-refractivity contribution in [3.05, 3.63) is 21.9 Å². The summed E-state index contributed by atoms with van der Waals surface area (Å²) in [6, 6.07) is 6.06. The molecule has 0 bridgehead atoms. The summed E-state index contributed by atoms with van der Waals surface area (Å²) in [4.78, 5) is 2.02. The van der Waals surface area contributed by atoms with Crippen molar-refractivity contribution in [2.45, 2.75) is 19.4 Å². The number of nitrogens with one attached hydrogen (secondary N) is 1. The lowest BCUT2D eigenvalue weighted by molar-refractivity contribution is 0.0548. The van der Waals surface area contributed by atoms with Gasteiger partial charge in [0, 0.05) is 24.6 Å². The molecule has 1 aliphatic rings. The van der Waals surface area contributed by atoms with E-state index in [-0.39, 0.29) is 0 Å². The largest absolute Gasteiger partial charge is 0.381 e. The molecule has 1 unspecified atom stereocenters.